The molecule has 4 aromatic rings. The van der Waals surface area contributed by atoms with Gasteiger partial charge in [0.05, 0.1) is 11.2 Å². The number of nitrogens with one attached hydrogen (secondary N) is 2. The maximum Gasteiger partial charge on any atom is 0.255 e. The number of pyridine rings is 1. The number of aromatic nitrogens is 1. The van der Waals surface area contributed by atoms with Crippen LogP contribution >= 0.6 is 0 Å². The maximum absolute atomic E-state index is 13.5. The second kappa shape index (κ2) is 10.9. The van der Waals surface area contributed by atoms with Gasteiger partial charge in [-0.3, -0.25) is 19.5 Å². The van der Waals surface area contributed by atoms with Crippen LogP contribution in [0.2, 0.25) is 0 Å². The van der Waals surface area contributed by atoms with Crippen molar-refractivity contribution in [3.05, 3.63) is 89.1 Å². The minimum Gasteiger partial charge on any atom is -0.486 e. The van der Waals surface area contributed by atoms with Gasteiger partial charge in [0.15, 0.2) is 11.5 Å². The topological polar surface area (TPSA) is 92.8 Å². The van der Waals surface area contributed by atoms with E-state index in [2.05, 4.69) is 15.5 Å². The van der Waals surface area contributed by atoms with Crippen LogP contribution in [0.25, 0.3) is 10.9 Å². The number of likely N-dealkylation sites (tertiary alicyclic amines) is 1. The van der Waals surface area contributed by atoms with Gasteiger partial charge in [0.25, 0.3) is 11.8 Å². The molecule has 3 heterocycles. The Bertz CT molecular complexity index is 1610. The van der Waals surface area contributed by atoms with Crippen molar-refractivity contribution < 1.29 is 23.5 Å². The molecular formula is C31H29FN4O4. The van der Waals surface area contributed by atoms with E-state index in [1.165, 1.54) is 0 Å². The van der Waals surface area contributed by atoms with Gasteiger partial charge in [-0.15, -0.1) is 0 Å². The number of carbonyl (C=O) groups excluding carboxylic acids is 2. The summed E-state index contributed by atoms with van der Waals surface area (Å²) in [6.45, 7) is 4.60. The summed E-state index contributed by atoms with van der Waals surface area (Å²) in [5.74, 6) is 0.592. The largest absolute Gasteiger partial charge is 0.486 e. The fourth-order valence-corrected chi connectivity index (χ4v) is 4.97. The number of carbonyl (C=O) groups is 2. The molecule has 0 unspecified atom stereocenters. The van der Waals surface area contributed by atoms with Crippen LogP contribution in [0.3, 0.4) is 0 Å². The minimum absolute atomic E-state index is 0.268. The van der Waals surface area contributed by atoms with Crippen LogP contribution in [0.15, 0.2) is 66.7 Å². The Labute approximate surface area is 231 Å². The Kier molecular flexibility index (Phi) is 7.04. The first-order valence-electron chi connectivity index (χ1n) is 13.3. The number of rotatable bonds is 6. The van der Waals surface area contributed by atoms with Crippen molar-refractivity contribution >= 4 is 34.1 Å². The molecule has 0 bridgehead atoms. The first kappa shape index (κ1) is 25.8. The normalized spacial score (nSPS) is 16.6. The van der Waals surface area contributed by atoms with Crippen molar-refractivity contribution in [3.63, 3.8) is 0 Å². The van der Waals surface area contributed by atoms with Crippen molar-refractivity contribution in [2.24, 2.45) is 0 Å². The second-order valence-electron chi connectivity index (χ2n) is 10.1. The van der Waals surface area contributed by atoms with E-state index in [1.807, 2.05) is 31.2 Å². The van der Waals surface area contributed by atoms with Gasteiger partial charge in [0.1, 0.15) is 19.4 Å². The van der Waals surface area contributed by atoms with Gasteiger partial charge in [0, 0.05) is 47.5 Å². The second-order valence-corrected chi connectivity index (χ2v) is 10.1. The predicted octanol–water partition coefficient (Wildman–Crippen LogP) is 5.36. The standard InChI is InChI=1S/C31H29FN4O4/c1-19-2-6-24(34-30(37)22-5-9-28-29(15-22)40-13-12-39-28)16-27(19)35-31(38)21-4-8-26-20(14-21)3-7-25(33-26)18-36-11-10-23(32)17-36/h2-9,14-16,23H,10-13,17-18H2,1H3,(H,34,37)(H,35,38)/t23-/m1/s1. The molecule has 0 saturated carbocycles. The quantitative estimate of drug-likeness (QED) is 0.342. The number of anilines is 2. The highest BCUT2D eigenvalue weighted by molar-refractivity contribution is 6.08. The summed E-state index contributed by atoms with van der Waals surface area (Å²) in [6.07, 6.45) is -0.192. The number of alkyl halides is 1. The zero-order chi connectivity index (χ0) is 27.6. The first-order chi connectivity index (χ1) is 19.4. The lowest BCUT2D eigenvalue weighted by Crippen LogP contribution is -2.21. The van der Waals surface area contributed by atoms with E-state index in [-0.39, 0.29) is 11.8 Å². The van der Waals surface area contributed by atoms with Crippen molar-refractivity contribution in [2.75, 3.05) is 36.9 Å². The average molecular weight is 541 g/mol. The monoisotopic (exact) mass is 540 g/mol. The summed E-state index contributed by atoms with van der Waals surface area (Å²) in [5, 5.41) is 6.69. The molecule has 1 saturated heterocycles. The molecule has 2 amide bonds. The van der Waals surface area contributed by atoms with Gasteiger partial charge >= 0.3 is 0 Å². The summed E-state index contributed by atoms with van der Waals surface area (Å²) >= 11 is 0. The third-order valence-electron chi connectivity index (χ3n) is 7.16. The molecule has 40 heavy (non-hydrogen) atoms. The van der Waals surface area contributed by atoms with Crippen molar-refractivity contribution in [1.29, 1.82) is 0 Å². The summed E-state index contributed by atoms with van der Waals surface area (Å²) in [6, 6.07) is 19.7. The van der Waals surface area contributed by atoms with Crippen LogP contribution in [-0.2, 0) is 6.54 Å². The van der Waals surface area contributed by atoms with Crippen LogP contribution in [0, 0.1) is 6.92 Å². The number of hydrogen-bond acceptors (Lipinski definition) is 6. The highest BCUT2D eigenvalue weighted by Crippen LogP contribution is 2.31. The summed E-state index contributed by atoms with van der Waals surface area (Å²) < 4.78 is 24.6. The third-order valence-corrected chi connectivity index (χ3v) is 7.16. The van der Waals surface area contributed by atoms with E-state index in [9.17, 15) is 14.0 Å². The van der Waals surface area contributed by atoms with Gasteiger partial charge in [0.2, 0.25) is 0 Å². The van der Waals surface area contributed by atoms with Crippen LogP contribution < -0.4 is 20.1 Å². The molecule has 2 aliphatic heterocycles. The van der Waals surface area contributed by atoms with E-state index in [0.29, 0.717) is 66.7 Å². The van der Waals surface area contributed by atoms with E-state index in [1.54, 1.807) is 42.5 Å². The predicted molar refractivity (Wildman–Crippen MR) is 151 cm³/mol. The van der Waals surface area contributed by atoms with Gasteiger partial charge < -0.3 is 20.1 Å². The molecule has 2 aliphatic rings. The Morgan fingerprint density at radius 1 is 0.925 bits per heavy atom. The van der Waals surface area contributed by atoms with Crippen LogP contribution in [0.5, 0.6) is 11.5 Å². The molecule has 6 rings (SSSR count). The molecule has 0 aliphatic carbocycles. The highest BCUT2D eigenvalue weighted by atomic mass is 19.1. The SMILES string of the molecule is Cc1ccc(NC(=O)c2ccc3c(c2)OCCO3)cc1NC(=O)c1ccc2nc(CN3CC[C@@H](F)C3)ccc2c1. The summed E-state index contributed by atoms with van der Waals surface area (Å²) in [4.78, 5) is 32.8. The van der Waals surface area contributed by atoms with Gasteiger partial charge in [-0.05, 0) is 73.5 Å². The zero-order valence-electron chi connectivity index (χ0n) is 22.1. The molecular weight excluding hydrogens is 511 g/mol. The van der Waals surface area contributed by atoms with Crippen molar-refractivity contribution in [1.82, 2.24) is 9.88 Å². The molecule has 204 valence electrons. The van der Waals surface area contributed by atoms with Crippen LogP contribution in [0.1, 0.15) is 38.4 Å². The molecule has 0 spiro atoms. The lowest BCUT2D eigenvalue weighted by molar-refractivity contribution is 0.101. The molecule has 3 aromatic carbocycles. The van der Waals surface area contributed by atoms with Gasteiger partial charge in [-0.1, -0.05) is 12.1 Å². The fraction of sp³-hybridized carbons (Fsp3) is 0.258. The molecule has 1 atom stereocenters. The van der Waals surface area contributed by atoms with Crippen LogP contribution in [-0.4, -0.2) is 54.2 Å². The number of halogens is 1. The zero-order valence-corrected chi connectivity index (χ0v) is 22.1. The van der Waals surface area contributed by atoms with Crippen molar-refractivity contribution in [2.45, 2.75) is 26.1 Å². The first-order valence-corrected chi connectivity index (χ1v) is 13.3. The number of aryl methyl sites for hydroxylation is 1. The maximum atomic E-state index is 13.5. The Hall–Kier alpha value is -4.50. The number of amides is 2. The Morgan fingerprint density at radius 2 is 1.70 bits per heavy atom. The Balaban J connectivity index is 1.14. The number of ether oxygens (including phenoxy) is 2. The lowest BCUT2D eigenvalue weighted by atomic mass is 10.1. The minimum atomic E-state index is -0.762. The highest BCUT2D eigenvalue weighted by Gasteiger charge is 2.22. The van der Waals surface area contributed by atoms with E-state index >= 15 is 0 Å². The lowest BCUT2D eigenvalue weighted by Gasteiger charge is -2.18. The summed E-state index contributed by atoms with van der Waals surface area (Å²) in [7, 11) is 0. The van der Waals surface area contributed by atoms with Gasteiger partial charge in [-0.25, -0.2) is 4.39 Å². The molecule has 8 nitrogen and oxygen atoms in total. The fourth-order valence-electron chi connectivity index (χ4n) is 4.97. The van der Waals surface area contributed by atoms with E-state index < -0.39 is 6.17 Å². The average Bonchev–Trinajstić information content (AvgIpc) is 3.38. The van der Waals surface area contributed by atoms with Crippen molar-refractivity contribution in [3.8, 4) is 11.5 Å². The number of hydrogen-bond donors (Lipinski definition) is 2. The molecule has 1 aromatic heterocycles. The molecule has 9 heteroatoms. The van der Waals surface area contributed by atoms with Gasteiger partial charge in [-0.2, -0.15) is 0 Å². The number of benzene rings is 3. The smallest absolute Gasteiger partial charge is 0.255 e. The Morgan fingerprint density at radius 3 is 2.52 bits per heavy atom. The van der Waals surface area contributed by atoms with Crippen LogP contribution in [0.4, 0.5) is 15.8 Å². The summed E-state index contributed by atoms with van der Waals surface area (Å²) in [5.41, 5.74) is 4.59. The number of fused-ring (bicyclic) bond motifs is 2. The molecule has 1 fully saturated rings. The third kappa shape index (κ3) is 5.60. The van der Waals surface area contributed by atoms with E-state index in [0.717, 1.165) is 28.7 Å². The number of nitrogens with zero attached hydrogens (tertiary/aromatic N) is 2. The molecule has 2 N–H and O–H groups in total. The van der Waals surface area contributed by atoms with E-state index in [4.69, 9.17) is 14.5 Å². The molecule has 0 radical (unpaired) electrons.